The number of carbonyl (C=O) groups is 1. The van der Waals surface area contributed by atoms with Crippen molar-refractivity contribution in [1.29, 1.82) is 0 Å². The van der Waals surface area contributed by atoms with Gasteiger partial charge in [-0.3, -0.25) is 9.78 Å². The molecule has 0 saturated carbocycles. The van der Waals surface area contributed by atoms with Crippen LogP contribution in [0.3, 0.4) is 0 Å². The van der Waals surface area contributed by atoms with Crippen LogP contribution >= 0.6 is 0 Å². The lowest BCUT2D eigenvalue weighted by Crippen LogP contribution is -2.27. The van der Waals surface area contributed by atoms with Crippen molar-refractivity contribution in [3.8, 4) is 11.3 Å². The summed E-state index contributed by atoms with van der Waals surface area (Å²) >= 11 is 0. The number of ether oxygens (including phenoxy) is 1. The van der Waals surface area contributed by atoms with Crippen LogP contribution in [0, 0.1) is 6.92 Å². The highest BCUT2D eigenvalue weighted by Crippen LogP contribution is 2.22. The van der Waals surface area contributed by atoms with Crippen LogP contribution in [0.1, 0.15) is 15.9 Å². The number of aromatic nitrogens is 3. The summed E-state index contributed by atoms with van der Waals surface area (Å²) in [6.07, 6.45) is 5.16. The third-order valence-corrected chi connectivity index (χ3v) is 3.95. The molecule has 3 rings (SSSR count). The zero-order valence-electron chi connectivity index (χ0n) is 15.3. The minimum atomic E-state index is -0.153. The van der Waals surface area contributed by atoms with Crippen LogP contribution < -0.4 is 10.6 Å². The maximum Gasteiger partial charge on any atom is 0.251 e. The van der Waals surface area contributed by atoms with Crippen LogP contribution in [-0.2, 0) is 4.74 Å². The number of pyridine rings is 1. The summed E-state index contributed by atoms with van der Waals surface area (Å²) in [7, 11) is 1.60. The monoisotopic (exact) mass is 363 g/mol. The van der Waals surface area contributed by atoms with E-state index >= 15 is 0 Å². The smallest absolute Gasteiger partial charge is 0.251 e. The van der Waals surface area contributed by atoms with E-state index in [4.69, 9.17) is 4.74 Å². The van der Waals surface area contributed by atoms with Gasteiger partial charge >= 0.3 is 0 Å². The maximum atomic E-state index is 12.2. The molecule has 1 amide bonds. The highest BCUT2D eigenvalue weighted by molar-refractivity contribution is 5.95. The van der Waals surface area contributed by atoms with Crippen molar-refractivity contribution in [2.45, 2.75) is 6.92 Å². The van der Waals surface area contributed by atoms with E-state index in [-0.39, 0.29) is 5.91 Å². The van der Waals surface area contributed by atoms with Crippen molar-refractivity contribution in [1.82, 2.24) is 20.3 Å². The Kier molecular flexibility index (Phi) is 6.06. The summed E-state index contributed by atoms with van der Waals surface area (Å²) in [5.41, 5.74) is 4.00. The molecule has 7 heteroatoms. The number of amides is 1. The first-order valence-electron chi connectivity index (χ1n) is 8.55. The van der Waals surface area contributed by atoms with Gasteiger partial charge < -0.3 is 15.4 Å². The second-order valence-electron chi connectivity index (χ2n) is 5.91. The Labute approximate surface area is 157 Å². The van der Waals surface area contributed by atoms with Crippen molar-refractivity contribution in [3.63, 3.8) is 0 Å². The predicted octanol–water partition coefficient (Wildman–Crippen LogP) is 2.97. The van der Waals surface area contributed by atoms with E-state index < -0.39 is 0 Å². The minimum absolute atomic E-state index is 0.153. The van der Waals surface area contributed by atoms with Gasteiger partial charge in [-0.25, -0.2) is 9.97 Å². The topological polar surface area (TPSA) is 89.0 Å². The SMILES string of the molecule is COCCNC(=O)c1ccc(C)c(Nc2nccc(-c3cccnc3)n2)c1. The molecule has 0 saturated heterocycles. The van der Waals surface area contributed by atoms with Crippen LogP contribution in [0.4, 0.5) is 11.6 Å². The van der Waals surface area contributed by atoms with E-state index in [0.29, 0.717) is 24.7 Å². The van der Waals surface area contributed by atoms with Crippen molar-refractivity contribution >= 4 is 17.5 Å². The maximum absolute atomic E-state index is 12.2. The van der Waals surface area contributed by atoms with Crippen molar-refractivity contribution in [2.75, 3.05) is 25.6 Å². The number of anilines is 2. The van der Waals surface area contributed by atoms with Crippen molar-refractivity contribution in [2.24, 2.45) is 0 Å². The Hall–Kier alpha value is -3.32. The molecule has 138 valence electrons. The number of hydrogen-bond acceptors (Lipinski definition) is 6. The summed E-state index contributed by atoms with van der Waals surface area (Å²) < 4.78 is 4.95. The largest absolute Gasteiger partial charge is 0.383 e. The summed E-state index contributed by atoms with van der Waals surface area (Å²) in [6, 6.07) is 11.1. The lowest BCUT2D eigenvalue weighted by molar-refractivity contribution is 0.0937. The third kappa shape index (κ3) is 4.86. The van der Waals surface area contributed by atoms with Gasteiger partial charge in [0.1, 0.15) is 0 Å². The Morgan fingerprint density at radius 3 is 2.85 bits per heavy atom. The lowest BCUT2D eigenvalue weighted by Gasteiger charge is -2.11. The molecular formula is C20H21N5O2. The average molecular weight is 363 g/mol. The molecule has 0 aliphatic heterocycles. The molecule has 2 aromatic heterocycles. The Balaban J connectivity index is 1.79. The molecule has 0 unspecified atom stereocenters. The molecule has 7 nitrogen and oxygen atoms in total. The highest BCUT2D eigenvalue weighted by atomic mass is 16.5. The van der Waals surface area contributed by atoms with Gasteiger partial charge in [0.2, 0.25) is 5.95 Å². The summed E-state index contributed by atoms with van der Waals surface area (Å²) in [5, 5.41) is 6.01. The average Bonchev–Trinajstić information content (AvgIpc) is 2.70. The van der Waals surface area contributed by atoms with Gasteiger partial charge in [-0.2, -0.15) is 0 Å². The third-order valence-electron chi connectivity index (χ3n) is 3.95. The standard InChI is InChI=1S/C20H21N5O2/c1-14-5-6-15(19(26)22-10-11-27-2)12-18(14)25-20-23-9-7-17(24-20)16-4-3-8-21-13-16/h3-9,12-13H,10-11H2,1-2H3,(H,22,26)(H,23,24,25). The van der Waals surface area contributed by atoms with E-state index in [9.17, 15) is 4.79 Å². The zero-order chi connectivity index (χ0) is 19.1. The van der Waals surface area contributed by atoms with Crippen LogP contribution in [-0.4, -0.2) is 41.1 Å². The second-order valence-corrected chi connectivity index (χ2v) is 5.91. The van der Waals surface area contributed by atoms with E-state index in [1.807, 2.05) is 31.2 Å². The fourth-order valence-corrected chi connectivity index (χ4v) is 2.48. The lowest BCUT2D eigenvalue weighted by atomic mass is 10.1. The Morgan fingerprint density at radius 2 is 2.07 bits per heavy atom. The van der Waals surface area contributed by atoms with Gasteiger partial charge in [-0.05, 0) is 42.8 Å². The number of hydrogen-bond donors (Lipinski definition) is 2. The first kappa shape index (κ1) is 18.5. The minimum Gasteiger partial charge on any atom is -0.383 e. The van der Waals surface area contributed by atoms with E-state index in [0.717, 1.165) is 22.5 Å². The summed E-state index contributed by atoms with van der Waals surface area (Å²) in [5.74, 6) is 0.302. The van der Waals surface area contributed by atoms with Gasteiger partial charge in [0.15, 0.2) is 0 Å². The first-order valence-corrected chi connectivity index (χ1v) is 8.55. The van der Waals surface area contributed by atoms with Gasteiger partial charge in [0, 0.05) is 49.1 Å². The normalized spacial score (nSPS) is 10.4. The van der Waals surface area contributed by atoms with Gasteiger partial charge in [-0.15, -0.1) is 0 Å². The number of benzene rings is 1. The molecule has 0 aliphatic rings. The number of aryl methyl sites for hydroxylation is 1. The molecule has 0 bridgehead atoms. The predicted molar refractivity (Wildman–Crippen MR) is 104 cm³/mol. The molecule has 0 fully saturated rings. The summed E-state index contributed by atoms with van der Waals surface area (Å²) in [4.78, 5) is 25.2. The van der Waals surface area contributed by atoms with E-state index in [1.165, 1.54) is 0 Å². The first-order chi connectivity index (χ1) is 13.2. The van der Waals surface area contributed by atoms with Crippen LogP contribution in [0.2, 0.25) is 0 Å². The Bertz CT molecular complexity index is 915. The molecule has 0 atom stereocenters. The van der Waals surface area contributed by atoms with Crippen LogP contribution in [0.25, 0.3) is 11.3 Å². The van der Waals surface area contributed by atoms with E-state index in [1.54, 1.807) is 37.8 Å². The molecule has 2 N–H and O–H groups in total. The number of nitrogens with zero attached hydrogens (tertiary/aromatic N) is 3. The summed E-state index contributed by atoms with van der Waals surface area (Å²) in [6.45, 7) is 2.89. The van der Waals surface area contributed by atoms with Gasteiger partial charge in [0.05, 0.1) is 12.3 Å². The van der Waals surface area contributed by atoms with Crippen LogP contribution in [0.5, 0.6) is 0 Å². The molecule has 0 spiro atoms. The second kappa shape index (κ2) is 8.86. The molecule has 1 aromatic carbocycles. The number of rotatable bonds is 7. The number of nitrogens with one attached hydrogen (secondary N) is 2. The number of methoxy groups -OCH3 is 1. The highest BCUT2D eigenvalue weighted by Gasteiger charge is 2.09. The molecule has 0 radical (unpaired) electrons. The van der Waals surface area contributed by atoms with Crippen LogP contribution in [0.15, 0.2) is 55.0 Å². The zero-order valence-corrected chi connectivity index (χ0v) is 15.3. The number of carbonyl (C=O) groups excluding carboxylic acids is 1. The van der Waals surface area contributed by atoms with E-state index in [2.05, 4.69) is 25.6 Å². The fraction of sp³-hybridized carbons (Fsp3) is 0.200. The van der Waals surface area contributed by atoms with Gasteiger partial charge in [-0.1, -0.05) is 6.07 Å². The molecule has 0 aliphatic carbocycles. The molecule has 3 aromatic rings. The van der Waals surface area contributed by atoms with Crippen molar-refractivity contribution in [3.05, 3.63) is 66.1 Å². The van der Waals surface area contributed by atoms with Gasteiger partial charge in [0.25, 0.3) is 5.91 Å². The Morgan fingerprint density at radius 1 is 1.19 bits per heavy atom. The molecule has 27 heavy (non-hydrogen) atoms. The molecule has 2 heterocycles. The van der Waals surface area contributed by atoms with Crippen molar-refractivity contribution < 1.29 is 9.53 Å². The molecular weight excluding hydrogens is 342 g/mol. The quantitative estimate of drug-likeness (QED) is 0.628. The fourth-order valence-electron chi connectivity index (χ4n) is 2.48.